The van der Waals surface area contributed by atoms with Gasteiger partial charge in [-0.25, -0.2) is 0 Å². The van der Waals surface area contributed by atoms with Crippen molar-refractivity contribution >= 4 is 11.6 Å². The summed E-state index contributed by atoms with van der Waals surface area (Å²) in [5.41, 5.74) is 8.70. The Kier molecular flexibility index (Phi) is 6.86. The van der Waals surface area contributed by atoms with Gasteiger partial charge in [-0.05, 0) is 71.6 Å². The largest absolute Gasteiger partial charge is 0.308 e. The molecule has 4 aromatic rings. The lowest BCUT2D eigenvalue weighted by atomic mass is 9.95. The van der Waals surface area contributed by atoms with Crippen LogP contribution in [0.1, 0.15) is 39.8 Å². The second kappa shape index (κ2) is 10.5. The summed E-state index contributed by atoms with van der Waals surface area (Å²) in [5, 5.41) is 0. The number of aryl methyl sites for hydroxylation is 5. The second-order valence-electron chi connectivity index (χ2n) is 9.23. The first kappa shape index (κ1) is 22.2. The SMILES string of the molecule is O=C(CCc1ccccc1)N(Cc1ccccc1)c1cc2ccc1CCc1ccc(cc1)CC2. The number of carbonyl (C=O) groups is 1. The summed E-state index contributed by atoms with van der Waals surface area (Å²) in [6.07, 6.45) is 5.15. The summed E-state index contributed by atoms with van der Waals surface area (Å²) in [6.45, 7) is 0.596. The number of amides is 1. The lowest BCUT2D eigenvalue weighted by Crippen LogP contribution is -2.31. The van der Waals surface area contributed by atoms with Crippen LogP contribution in [0.2, 0.25) is 0 Å². The van der Waals surface area contributed by atoms with Crippen LogP contribution in [0, 0.1) is 0 Å². The van der Waals surface area contributed by atoms with Gasteiger partial charge in [0.2, 0.25) is 5.91 Å². The highest BCUT2D eigenvalue weighted by Crippen LogP contribution is 2.28. The molecule has 0 aromatic heterocycles. The smallest absolute Gasteiger partial charge is 0.227 e. The normalized spacial score (nSPS) is 12.7. The first-order chi connectivity index (χ1) is 16.7. The molecule has 0 radical (unpaired) electrons. The second-order valence-corrected chi connectivity index (χ2v) is 9.23. The Morgan fingerprint density at radius 3 is 1.85 bits per heavy atom. The summed E-state index contributed by atoms with van der Waals surface area (Å²) >= 11 is 0. The average Bonchev–Trinajstić information content (AvgIpc) is 2.89. The van der Waals surface area contributed by atoms with Crippen LogP contribution >= 0.6 is 0 Å². The lowest BCUT2D eigenvalue weighted by molar-refractivity contribution is -0.118. The van der Waals surface area contributed by atoms with Crippen molar-refractivity contribution < 1.29 is 4.79 Å². The molecule has 4 bridgehead atoms. The number of hydrogen-bond donors (Lipinski definition) is 0. The Bertz CT molecular complexity index is 1230. The van der Waals surface area contributed by atoms with Crippen molar-refractivity contribution in [1.82, 2.24) is 0 Å². The molecule has 4 aromatic carbocycles. The van der Waals surface area contributed by atoms with Crippen LogP contribution in [0.5, 0.6) is 0 Å². The van der Waals surface area contributed by atoms with E-state index in [9.17, 15) is 4.79 Å². The molecule has 34 heavy (non-hydrogen) atoms. The predicted octanol–water partition coefficient (Wildman–Crippen LogP) is 6.74. The highest BCUT2D eigenvalue weighted by atomic mass is 16.2. The lowest BCUT2D eigenvalue weighted by Gasteiger charge is -2.27. The molecule has 1 amide bonds. The van der Waals surface area contributed by atoms with Gasteiger partial charge in [0, 0.05) is 12.1 Å². The predicted molar refractivity (Wildman–Crippen MR) is 140 cm³/mol. The molecule has 8 rings (SSSR count). The zero-order valence-corrected chi connectivity index (χ0v) is 19.6. The fraction of sp³-hybridized carbons (Fsp3) is 0.219. The van der Waals surface area contributed by atoms with Gasteiger partial charge in [-0.15, -0.1) is 0 Å². The fourth-order valence-corrected chi connectivity index (χ4v) is 4.77. The number of hydrogen-bond acceptors (Lipinski definition) is 1. The maximum Gasteiger partial charge on any atom is 0.227 e. The standard InChI is InChI=1S/C32H31NO/c34-32(22-19-25-7-3-1-4-8-25)33(24-29-9-5-2-6-10-29)31-23-28-16-15-26-11-13-27(14-12-26)17-20-30(31)21-18-28/h1-14,18,21,23H,15-17,19-20,22,24H2. The van der Waals surface area contributed by atoms with Crippen molar-refractivity contribution in [2.75, 3.05) is 4.90 Å². The van der Waals surface area contributed by atoms with Gasteiger partial charge < -0.3 is 4.90 Å². The van der Waals surface area contributed by atoms with E-state index >= 15 is 0 Å². The van der Waals surface area contributed by atoms with Gasteiger partial charge in [0.05, 0.1) is 6.54 Å². The average molecular weight is 446 g/mol. The Morgan fingerprint density at radius 1 is 0.618 bits per heavy atom. The van der Waals surface area contributed by atoms with Gasteiger partial charge in [0.15, 0.2) is 0 Å². The van der Waals surface area contributed by atoms with E-state index in [1.54, 1.807) is 0 Å². The summed E-state index contributed by atoms with van der Waals surface area (Å²) in [7, 11) is 0. The minimum atomic E-state index is 0.182. The van der Waals surface area contributed by atoms with Crippen LogP contribution in [0.15, 0.2) is 103 Å². The van der Waals surface area contributed by atoms with Crippen molar-refractivity contribution in [3.05, 3.63) is 137 Å². The summed E-state index contributed by atoms with van der Waals surface area (Å²) < 4.78 is 0. The fourth-order valence-electron chi connectivity index (χ4n) is 4.77. The van der Waals surface area contributed by atoms with E-state index in [-0.39, 0.29) is 5.91 Å². The minimum Gasteiger partial charge on any atom is -0.308 e. The minimum absolute atomic E-state index is 0.182. The van der Waals surface area contributed by atoms with E-state index in [4.69, 9.17) is 0 Å². The molecule has 0 N–H and O–H groups in total. The maximum atomic E-state index is 13.7. The molecular formula is C32H31NO. The Labute approximate surface area is 202 Å². The molecule has 0 aliphatic heterocycles. The molecule has 0 fully saturated rings. The van der Waals surface area contributed by atoms with Gasteiger partial charge in [-0.2, -0.15) is 0 Å². The Balaban J connectivity index is 1.47. The van der Waals surface area contributed by atoms with Crippen molar-refractivity contribution in [1.29, 1.82) is 0 Å². The van der Waals surface area contributed by atoms with E-state index in [2.05, 4.69) is 78.9 Å². The van der Waals surface area contributed by atoms with E-state index in [1.165, 1.54) is 27.8 Å². The Morgan fingerprint density at radius 2 is 1.18 bits per heavy atom. The molecule has 0 spiro atoms. The first-order valence-corrected chi connectivity index (χ1v) is 12.3. The molecule has 4 aliphatic rings. The molecule has 0 saturated heterocycles. The van der Waals surface area contributed by atoms with Crippen molar-refractivity contribution in [3.8, 4) is 0 Å². The molecular weight excluding hydrogens is 414 g/mol. The molecule has 170 valence electrons. The number of benzene rings is 4. The van der Waals surface area contributed by atoms with Crippen LogP contribution in [0.3, 0.4) is 0 Å². The Hall–Kier alpha value is -3.65. The molecule has 0 unspecified atom stereocenters. The monoisotopic (exact) mass is 445 g/mol. The van der Waals surface area contributed by atoms with E-state index < -0.39 is 0 Å². The topological polar surface area (TPSA) is 20.3 Å². The zero-order chi connectivity index (χ0) is 23.2. The van der Waals surface area contributed by atoms with Gasteiger partial charge in [-0.1, -0.05) is 97.1 Å². The van der Waals surface area contributed by atoms with E-state index in [0.29, 0.717) is 13.0 Å². The maximum absolute atomic E-state index is 13.7. The molecule has 0 saturated carbocycles. The highest BCUT2D eigenvalue weighted by molar-refractivity contribution is 5.94. The van der Waals surface area contributed by atoms with Crippen LogP contribution in [-0.4, -0.2) is 5.91 Å². The van der Waals surface area contributed by atoms with Crippen molar-refractivity contribution in [2.24, 2.45) is 0 Å². The van der Waals surface area contributed by atoms with E-state index in [1.807, 2.05) is 29.2 Å². The molecule has 2 heteroatoms. The van der Waals surface area contributed by atoms with Gasteiger partial charge in [0.25, 0.3) is 0 Å². The van der Waals surface area contributed by atoms with Crippen LogP contribution in [0.4, 0.5) is 5.69 Å². The highest BCUT2D eigenvalue weighted by Gasteiger charge is 2.20. The van der Waals surface area contributed by atoms with Crippen molar-refractivity contribution in [2.45, 2.75) is 45.1 Å². The van der Waals surface area contributed by atoms with Crippen LogP contribution < -0.4 is 4.90 Å². The molecule has 2 nitrogen and oxygen atoms in total. The van der Waals surface area contributed by atoms with Gasteiger partial charge in [-0.3, -0.25) is 4.79 Å². The van der Waals surface area contributed by atoms with Crippen LogP contribution in [0.25, 0.3) is 0 Å². The number of anilines is 1. The van der Waals surface area contributed by atoms with Crippen molar-refractivity contribution in [3.63, 3.8) is 0 Å². The van der Waals surface area contributed by atoms with Gasteiger partial charge in [0.1, 0.15) is 0 Å². The third-order valence-corrected chi connectivity index (χ3v) is 6.80. The molecule has 0 heterocycles. The summed E-state index contributed by atoms with van der Waals surface area (Å²) in [5.74, 6) is 0.182. The van der Waals surface area contributed by atoms with E-state index in [0.717, 1.165) is 43.4 Å². The zero-order valence-electron chi connectivity index (χ0n) is 19.6. The number of carbonyl (C=O) groups excluding carboxylic acids is 1. The summed E-state index contributed by atoms with van der Waals surface area (Å²) in [4.78, 5) is 15.7. The quantitative estimate of drug-likeness (QED) is 0.322. The summed E-state index contributed by atoms with van der Waals surface area (Å²) in [6, 6.07) is 36.5. The first-order valence-electron chi connectivity index (χ1n) is 12.3. The van der Waals surface area contributed by atoms with Crippen LogP contribution in [-0.2, 0) is 43.4 Å². The molecule has 4 aliphatic carbocycles. The third kappa shape index (κ3) is 5.46. The molecule has 0 atom stereocenters. The third-order valence-electron chi connectivity index (χ3n) is 6.80. The number of rotatable bonds is 6. The number of nitrogens with zero attached hydrogens (tertiary/aromatic N) is 1. The van der Waals surface area contributed by atoms with Gasteiger partial charge >= 0.3 is 0 Å².